The van der Waals surface area contributed by atoms with E-state index in [1.165, 1.54) is 5.56 Å². The molecular weight excluding hydrogens is 344 g/mol. The Bertz CT molecular complexity index is 787. The first-order chi connectivity index (χ1) is 13.2. The highest BCUT2D eigenvalue weighted by Gasteiger charge is 2.32. The lowest BCUT2D eigenvalue weighted by atomic mass is 10.1. The molecule has 2 fully saturated rings. The molecular formula is C20H26N4O3. The van der Waals surface area contributed by atoms with Crippen molar-refractivity contribution in [1.82, 2.24) is 20.4 Å². The summed E-state index contributed by atoms with van der Waals surface area (Å²) in [6.45, 7) is 1.99. The van der Waals surface area contributed by atoms with Crippen molar-refractivity contribution >= 4 is 5.91 Å². The van der Waals surface area contributed by atoms with Crippen LogP contribution in [0.5, 0.6) is 5.75 Å². The molecule has 7 nitrogen and oxygen atoms in total. The number of aryl methyl sites for hydroxylation is 1. The first kappa shape index (κ1) is 18.0. The van der Waals surface area contributed by atoms with Crippen LogP contribution in [0, 0.1) is 0 Å². The Labute approximate surface area is 159 Å². The number of hydrogen-bond acceptors (Lipinski definition) is 6. The van der Waals surface area contributed by atoms with Crippen molar-refractivity contribution in [3.8, 4) is 5.75 Å². The van der Waals surface area contributed by atoms with Gasteiger partial charge in [-0.15, -0.1) is 0 Å². The Balaban J connectivity index is 1.32. The number of nitrogens with zero attached hydrogens (tertiary/aromatic N) is 3. The van der Waals surface area contributed by atoms with E-state index in [9.17, 15) is 4.79 Å². The van der Waals surface area contributed by atoms with Crippen LogP contribution >= 0.6 is 0 Å². The minimum absolute atomic E-state index is 0.116. The molecule has 1 saturated heterocycles. The fourth-order valence-electron chi connectivity index (χ4n) is 3.63. The van der Waals surface area contributed by atoms with Gasteiger partial charge in [0.25, 0.3) is 11.7 Å². The minimum Gasteiger partial charge on any atom is -0.497 e. The second-order valence-corrected chi connectivity index (χ2v) is 7.35. The number of likely N-dealkylation sites (tertiary alicyclic amines) is 1. The number of nitrogens with one attached hydrogen (secondary N) is 1. The lowest BCUT2D eigenvalue weighted by Gasteiger charge is -2.21. The van der Waals surface area contributed by atoms with E-state index in [1.54, 1.807) is 7.11 Å². The van der Waals surface area contributed by atoms with Crippen LogP contribution in [-0.4, -0.2) is 47.2 Å². The van der Waals surface area contributed by atoms with E-state index in [0.29, 0.717) is 11.9 Å². The van der Waals surface area contributed by atoms with Crippen LogP contribution in [0.2, 0.25) is 0 Å². The van der Waals surface area contributed by atoms with E-state index in [1.807, 2.05) is 12.1 Å². The summed E-state index contributed by atoms with van der Waals surface area (Å²) in [6, 6.07) is 8.62. The van der Waals surface area contributed by atoms with Crippen molar-refractivity contribution in [2.24, 2.45) is 0 Å². The Morgan fingerprint density at radius 1 is 1.37 bits per heavy atom. The number of aromatic nitrogens is 2. The first-order valence-corrected chi connectivity index (χ1v) is 9.74. The summed E-state index contributed by atoms with van der Waals surface area (Å²) in [5.41, 5.74) is 1.28. The van der Waals surface area contributed by atoms with E-state index >= 15 is 0 Å². The summed E-state index contributed by atoms with van der Waals surface area (Å²) < 4.78 is 10.7. The highest BCUT2D eigenvalue weighted by Crippen LogP contribution is 2.31. The first-order valence-electron chi connectivity index (χ1n) is 9.74. The van der Waals surface area contributed by atoms with Gasteiger partial charge >= 0.3 is 0 Å². The third kappa shape index (κ3) is 4.47. The quantitative estimate of drug-likeness (QED) is 0.770. The standard InChI is InChI=1S/C20H26N4O3/c1-26-16-7-2-5-14(13-16)6-3-11-24-12-4-8-17(24)20-22-18(23-27-20)19(25)21-15-9-10-15/h2,5,7,13,15,17H,3-4,6,8-12H2,1H3,(H,21,25)/t17-/m1/s1. The predicted molar refractivity (Wildman–Crippen MR) is 99.6 cm³/mol. The zero-order valence-electron chi connectivity index (χ0n) is 15.7. The molecule has 4 rings (SSSR count). The Hall–Kier alpha value is -2.41. The summed E-state index contributed by atoms with van der Waals surface area (Å²) in [7, 11) is 1.69. The Morgan fingerprint density at radius 2 is 2.26 bits per heavy atom. The summed E-state index contributed by atoms with van der Waals surface area (Å²) in [6.07, 6.45) is 6.23. The van der Waals surface area contributed by atoms with Crippen molar-refractivity contribution in [3.63, 3.8) is 0 Å². The molecule has 2 heterocycles. The average Bonchev–Trinajstić information content (AvgIpc) is 3.18. The number of carbonyl (C=O) groups is 1. The van der Waals surface area contributed by atoms with Crippen LogP contribution in [0.4, 0.5) is 0 Å². The largest absolute Gasteiger partial charge is 0.497 e. The normalized spacial score (nSPS) is 20.0. The fourth-order valence-corrected chi connectivity index (χ4v) is 3.63. The van der Waals surface area contributed by atoms with Crippen LogP contribution in [0.3, 0.4) is 0 Å². The lowest BCUT2D eigenvalue weighted by molar-refractivity contribution is 0.0937. The third-order valence-electron chi connectivity index (χ3n) is 5.25. The Morgan fingerprint density at radius 3 is 3.07 bits per heavy atom. The smallest absolute Gasteiger partial charge is 0.292 e. The van der Waals surface area contributed by atoms with Crippen molar-refractivity contribution in [3.05, 3.63) is 41.5 Å². The molecule has 1 aliphatic heterocycles. The van der Waals surface area contributed by atoms with Gasteiger partial charge in [-0.1, -0.05) is 17.3 Å². The molecule has 0 unspecified atom stereocenters. The number of ether oxygens (including phenoxy) is 1. The molecule has 1 N–H and O–H groups in total. The molecule has 27 heavy (non-hydrogen) atoms. The molecule has 1 amide bonds. The van der Waals surface area contributed by atoms with Gasteiger partial charge in [0.2, 0.25) is 5.89 Å². The highest BCUT2D eigenvalue weighted by atomic mass is 16.5. The van der Waals surface area contributed by atoms with Gasteiger partial charge in [0.05, 0.1) is 13.2 Å². The zero-order chi connectivity index (χ0) is 18.6. The number of methoxy groups -OCH3 is 1. The fraction of sp³-hybridized carbons (Fsp3) is 0.550. The molecule has 144 valence electrons. The summed E-state index contributed by atoms with van der Waals surface area (Å²) in [5.74, 6) is 1.39. The van der Waals surface area contributed by atoms with Crippen LogP contribution in [0.15, 0.2) is 28.8 Å². The third-order valence-corrected chi connectivity index (χ3v) is 5.25. The van der Waals surface area contributed by atoms with Crippen LogP contribution < -0.4 is 10.1 Å². The van der Waals surface area contributed by atoms with Gasteiger partial charge in [0, 0.05) is 6.04 Å². The molecule has 2 aromatic rings. The van der Waals surface area contributed by atoms with E-state index in [0.717, 1.165) is 57.4 Å². The van der Waals surface area contributed by atoms with Crippen LogP contribution in [0.25, 0.3) is 0 Å². The molecule has 1 aliphatic carbocycles. The number of hydrogen-bond donors (Lipinski definition) is 1. The monoisotopic (exact) mass is 370 g/mol. The van der Waals surface area contributed by atoms with Crippen LogP contribution in [-0.2, 0) is 6.42 Å². The van der Waals surface area contributed by atoms with E-state index < -0.39 is 0 Å². The number of benzene rings is 1. The highest BCUT2D eigenvalue weighted by molar-refractivity contribution is 5.90. The molecule has 7 heteroatoms. The van der Waals surface area contributed by atoms with E-state index in [4.69, 9.17) is 9.26 Å². The summed E-state index contributed by atoms with van der Waals surface area (Å²) in [5, 5.41) is 6.78. The van der Waals surface area contributed by atoms with Crippen molar-refractivity contribution in [2.45, 2.75) is 50.6 Å². The van der Waals surface area contributed by atoms with Gasteiger partial charge in [0.15, 0.2) is 0 Å². The zero-order valence-corrected chi connectivity index (χ0v) is 15.7. The molecule has 1 atom stereocenters. The van der Waals surface area contributed by atoms with E-state index in [-0.39, 0.29) is 17.8 Å². The van der Waals surface area contributed by atoms with Gasteiger partial charge in [-0.3, -0.25) is 9.69 Å². The molecule has 1 aromatic heterocycles. The molecule has 0 bridgehead atoms. The Kier molecular flexibility index (Phi) is 5.38. The summed E-state index contributed by atoms with van der Waals surface area (Å²) in [4.78, 5) is 18.8. The summed E-state index contributed by atoms with van der Waals surface area (Å²) >= 11 is 0. The van der Waals surface area contributed by atoms with Gasteiger partial charge in [-0.25, -0.2) is 0 Å². The predicted octanol–water partition coefficient (Wildman–Crippen LogP) is 2.74. The van der Waals surface area contributed by atoms with Gasteiger partial charge < -0.3 is 14.6 Å². The maximum atomic E-state index is 12.1. The van der Waals surface area contributed by atoms with Gasteiger partial charge in [0.1, 0.15) is 5.75 Å². The van der Waals surface area contributed by atoms with Crippen molar-refractivity contribution in [2.75, 3.05) is 20.2 Å². The topological polar surface area (TPSA) is 80.5 Å². The second kappa shape index (κ2) is 8.08. The maximum Gasteiger partial charge on any atom is 0.292 e. The van der Waals surface area contributed by atoms with Crippen LogP contribution in [0.1, 0.15) is 60.2 Å². The van der Waals surface area contributed by atoms with Crippen molar-refractivity contribution < 1.29 is 14.1 Å². The minimum atomic E-state index is -0.227. The lowest BCUT2D eigenvalue weighted by Crippen LogP contribution is -2.27. The molecule has 1 aromatic carbocycles. The van der Waals surface area contributed by atoms with Gasteiger partial charge in [-0.2, -0.15) is 4.98 Å². The maximum absolute atomic E-state index is 12.1. The van der Waals surface area contributed by atoms with Gasteiger partial charge in [-0.05, 0) is 69.3 Å². The molecule has 0 spiro atoms. The SMILES string of the molecule is COc1cccc(CCCN2CCC[C@@H]2c2nc(C(=O)NC3CC3)no2)c1. The number of carbonyl (C=O) groups excluding carboxylic acids is 1. The molecule has 1 saturated carbocycles. The molecule has 0 radical (unpaired) electrons. The number of amides is 1. The van der Waals surface area contributed by atoms with E-state index in [2.05, 4.69) is 32.5 Å². The van der Waals surface area contributed by atoms with Crippen molar-refractivity contribution in [1.29, 1.82) is 0 Å². The second-order valence-electron chi connectivity index (χ2n) is 7.35. The number of rotatable bonds is 8. The average molecular weight is 370 g/mol. The molecule has 2 aliphatic rings.